The second-order valence-electron chi connectivity index (χ2n) is 3.48. The molecule has 1 heterocycles. The third-order valence-electron chi connectivity index (χ3n) is 2.04. The average Bonchev–Trinajstić information content (AvgIpc) is 2.79. The summed E-state index contributed by atoms with van der Waals surface area (Å²) in [4.78, 5) is 0.887. The molecule has 0 saturated heterocycles. The second-order valence-corrected chi connectivity index (χ2v) is 6.07. The largest absolute Gasteiger partial charge is 0.320 e. The summed E-state index contributed by atoms with van der Waals surface area (Å²) in [5, 5.41) is 1.88. The molecule has 0 atom stereocenters. The van der Waals surface area contributed by atoms with Crippen LogP contribution in [-0.4, -0.2) is 21.5 Å². The van der Waals surface area contributed by atoms with E-state index in [0.29, 0.717) is 13.1 Å². The van der Waals surface area contributed by atoms with E-state index in [-0.39, 0.29) is 6.54 Å². The monoisotopic (exact) mass is 287 g/mol. The summed E-state index contributed by atoms with van der Waals surface area (Å²) in [6.45, 7) is 2.87. The van der Waals surface area contributed by atoms with Crippen LogP contribution in [0.2, 0.25) is 0 Å². The first-order valence-electron chi connectivity index (χ1n) is 5.58. The quantitative estimate of drug-likeness (QED) is 0.662. The Hall–Kier alpha value is -0.910. The fourth-order valence-corrected chi connectivity index (χ4v) is 2.95. The number of nitrogens with two attached hydrogens (primary N) is 1. The van der Waals surface area contributed by atoms with E-state index in [1.165, 1.54) is 11.3 Å². The maximum absolute atomic E-state index is 11.5. The Bertz CT molecular complexity index is 526. The summed E-state index contributed by atoms with van der Waals surface area (Å²) in [5.74, 6) is 5.67. The molecule has 0 unspecified atom stereocenters. The van der Waals surface area contributed by atoms with Crippen molar-refractivity contribution in [3.63, 3.8) is 0 Å². The van der Waals surface area contributed by atoms with Gasteiger partial charge in [-0.05, 0) is 17.9 Å². The zero-order valence-electron chi connectivity index (χ0n) is 10.2. The first kappa shape index (κ1) is 15.1. The molecule has 1 rings (SSSR count). The molecular weight excluding hydrogens is 270 g/mol. The minimum absolute atomic E-state index is 0.241. The highest BCUT2D eigenvalue weighted by Crippen LogP contribution is 2.15. The van der Waals surface area contributed by atoms with Crippen LogP contribution in [0.1, 0.15) is 23.8 Å². The summed E-state index contributed by atoms with van der Waals surface area (Å²) in [6.07, 6.45) is 0.757. The molecule has 18 heavy (non-hydrogen) atoms. The van der Waals surface area contributed by atoms with Gasteiger partial charge in [0.25, 0.3) is 10.2 Å². The third kappa shape index (κ3) is 5.16. The molecule has 0 bridgehead atoms. The van der Waals surface area contributed by atoms with E-state index in [4.69, 9.17) is 5.73 Å². The molecule has 0 spiro atoms. The van der Waals surface area contributed by atoms with E-state index < -0.39 is 10.2 Å². The zero-order valence-corrected chi connectivity index (χ0v) is 11.8. The fraction of sp³-hybridized carbons (Fsp3) is 0.455. The number of hydrogen-bond acceptors (Lipinski definition) is 4. The van der Waals surface area contributed by atoms with Crippen LogP contribution in [0.25, 0.3) is 0 Å². The van der Waals surface area contributed by atoms with E-state index in [2.05, 4.69) is 21.3 Å². The molecule has 7 heteroatoms. The van der Waals surface area contributed by atoms with E-state index in [1.807, 2.05) is 18.4 Å². The van der Waals surface area contributed by atoms with Crippen molar-refractivity contribution in [1.82, 2.24) is 9.44 Å². The molecule has 100 valence electrons. The standard InChI is InChI=1S/C11H17N3O2S2/c1-2-7-13-18(15,16)14-9-11-10(4-3-6-12)5-8-17-11/h5,8,13-14H,2,6-7,9,12H2,1H3. The maximum Gasteiger partial charge on any atom is 0.277 e. The van der Waals surface area contributed by atoms with Gasteiger partial charge in [-0.25, -0.2) is 4.72 Å². The molecule has 0 saturated carbocycles. The van der Waals surface area contributed by atoms with Gasteiger partial charge >= 0.3 is 0 Å². The Morgan fingerprint density at radius 2 is 2.22 bits per heavy atom. The lowest BCUT2D eigenvalue weighted by atomic mass is 10.2. The Labute approximate surface area is 112 Å². The maximum atomic E-state index is 11.5. The van der Waals surface area contributed by atoms with Crippen LogP contribution in [-0.2, 0) is 16.8 Å². The molecule has 0 aliphatic heterocycles. The zero-order chi connectivity index (χ0) is 13.4. The van der Waals surface area contributed by atoms with E-state index in [1.54, 1.807) is 0 Å². The minimum atomic E-state index is -3.42. The highest BCUT2D eigenvalue weighted by molar-refractivity contribution is 7.87. The number of nitrogens with one attached hydrogen (secondary N) is 2. The van der Waals surface area contributed by atoms with Crippen LogP contribution < -0.4 is 15.2 Å². The SMILES string of the molecule is CCCNS(=O)(=O)NCc1sccc1C#CCN. The summed E-state index contributed by atoms with van der Waals surface area (Å²) in [7, 11) is -3.42. The lowest BCUT2D eigenvalue weighted by Gasteiger charge is -2.06. The van der Waals surface area contributed by atoms with Crippen molar-refractivity contribution in [1.29, 1.82) is 0 Å². The molecule has 0 amide bonds. The van der Waals surface area contributed by atoms with Gasteiger partial charge in [0.05, 0.1) is 6.54 Å². The smallest absolute Gasteiger partial charge is 0.277 e. The van der Waals surface area contributed by atoms with Crippen LogP contribution in [0.3, 0.4) is 0 Å². The number of thiophene rings is 1. The molecule has 1 aromatic heterocycles. The molecule has 0 aliphatic rings. The van der Waals surface area contributed by atoms with Crippen molar-refractivity contribution >= 4 is 21.5 Å². The van der Waals surface area contributed by atoms with Gasteiger partial charge in [0, 0.05) is 23.5 Å². The van der Waals surface area contributed by atoms with Crippen molar-refractivity contribution in [2.24, 2.45) is 5.73 Å². The van der Waals surface area contributed by atoms with Gasteiger partial charge < -0.3 is 5.73 Å². The first-order valence-corrected chi connectivity index (χ1v) is 7.95. The summed E-state index contributed by atoms with van der Waals surface area (Å²) in [6, 6.07) is 1.86. The Balaban J connectivity index is 2.61. The normalized spacial score (nSPS) is 11.0. The van der Waals surface area contributed by atoms with Gasteiger partial charge in [-0.3, -0.25) is 0 Å². The average molecular weight is 287 g/mol. The highest BCUT2D eigenvalue weighted by atomic mass is 32.2. The van der Waals surface area contributed by atoms with E-state index in [9.17, 15) is 8.42 Å². The number of hydrogen-bond donors (Lipinski definition) is 3. The van der Waals surface area contributed by atoms with Crippen molar-refractivity contribution in [2.45, 2.75) is 19.9 Å². The Morgan fingerprint density at radius 3 is 2.89 bits per heavy atom. The van der Waals surface area contributed by atoms with Gasteiger partial charge in [-0.15, -0.1) is 11.3 Å². The van der Waals surface area contributed by atoms with Crippen molar-refractivity contribution in [2.75, 3.05) is 13.1 Å². The summed E-state index contributed by atoms with van der Waals surface area (Å²) < 4.78 is 28.0. The van der Waals surface area contributed by atoms with Crippen LogP contribution in [0.5, 0.6) is 0 Å². The molecule has 0 radical (unpaired) electrons. The van der Waals surface area contributed by atoms with Crippen LogP contribution in [0, 0.1) is 11.8 Å². The topological polar surface area (TPSA) is 84.2 Å². The molecule has 5 nitrogen and oxygen atoms in total. The lowest BCUT2D eigenvalue weighted by Crippen LogP contribution is -2.36. The van der Waals surface area contributed by atoms with Gasteiger partial charge in [0.2, 0.25) is 0 Å². The van der Waals surface area contributed by atoms with Crippen molar-refractivity contribution < 1.29 is 8.42 Å². The van der Waals surface area contributed by atoms with Crippen LogP contribution in [0.4, 0.5) is 0 Å². The third-order valence-corrected chi connectivity index (χ3v) is 4.06. The van der Waals surface area contributed by atoms with Gasteiger partial charge in [0.15, 0.2) is 0 Å². The molecule has 4 N–H and O–H groups in total. The summed E-state index contributed by atoms with van der Waals surface area (Å²) >= 11 is 1.47. The number of rotatable bonds is 6. The van der Waals surface area contributed by atoms with E-state index >= 15 is 0 Å². The van der Waals surface area contributed by atoms with Crippen LogP contribution >= 0.6 is 11.3 Å². The molecule has 0 fully saturated rings. The second kappa shape index (κ2) is 7.51. The fourth-order valence-electron chi connectivity index (χ4n) is 1.18. The van der Waals surface area contributed by atoms with E-state index in [0.717, 1.165) is 16.9 Å². The van der Waals surface area contributed by atoms with Gasteiger partial charge in [-0.2, -0.15) is 13.1 Å². The Morgan fingerprint density at radius 1 is 1.44 bits per heavy atom. The predicted octanol–water partition coefficient (Wildman–Crippen LogP) is 0.392. The lowest BCUT2D eigenvalue weighted by molar-refractivity contribution is 0.566. The predicted molar refractivity (Wildman–Crippen MR) is 74.3 cm³/mol. The Kier molecular flexibility index (Phi) is 6.32. The van der Waals surface area contributed by atoms with Crippen LogP contribution in [0.15, 0.2) is 11.4 Å². The molecule has 0 aliphatic carbocycles. The minimum Gasteiger partial charge on any atom is -0.320 e. The first-order chi connectivity index (χ1) is 8.59. The molecule has 1 aromatic rings. The van der Waals surface area contributed by atoms with Crippen molar-refractivity contribution in [3.8, 4) is 11.8 Å². The molecule has 0 aromatic carbocycles. The highest BCUT2D eigenvalue weighted by Gasteiger charge is 2.10. The van der Waals surface area contributed by atoms with Gasteiger partial charge in [-0.1, -0.05) is 18.8 Å². The van der Waals surface area contributed by atoms with Crippen molar-refractivity contribution in [3.05, 3.63) is 21.9 Å². The van der Waals surface area contributed by atoms with Gasteiger partial charge in [0.1, 0.15) is 0 Å². The summed E-state index contributed by atoms with van der Waals surface area (Å²) in [5.41, 5.74) is 6.12. The molecular formula is C11H17N3O2S2.